The molecule has 1 aromatic carbocycles. The van der Waals surface area contributed by atoms with Gasteiger partial charge < -0.3 is 9.64 Å². The quantitative estimate of drug-likeness (QED) is 0.722. The maximum absolute atomic E-state index is 11.9. The molecule has 84 valence electrons. The average Bonchev–Trinajstić information content (AvgIpc) is 2.42. The lowest BCUT2D eigenvalue weighted by Crippen LogP contribution is -2.24. The van der Waals surface area contributed by atoms with Crippen LogP contribution in [0.25, 0.3) is 6.08 Å². The maximum Gasteiger partial charge on any atom is 0.233 e. The highest BCUT2D eigenvalue weighted by molar-refractivity contribution is 5.87. The molecule has 0 bridgehead atoms. The topological polar surface area (TPSA) is 29.5 Å². The van der Waals surface area contributed by atoms with Gasteiger partial charge in [-0.2, -0.15) is 0 Å². The molecule has 1 aromatic rings. The van der Waals surface area contributed by atoms with Crippen LogP contribution in [0.5, 0.6) is 5.75 Å². The van der Waals surface area contributed by atoms with Crippen LogP contribution in [0.4, 0.5) is 0 Å². The predicted octanol–water partition coefficient (Wildman–Crippen LogP) is 2.24. The normalized spacial score (nSPS) is 19.3. The molecule has 3 nitrogen and oxygen atoms in total. The lowest BCUT2D eigenvalue weighted by molar-refractivity contribution is -0.128. The second-order valence-corrected chi connectivity index (χ2v) is 3.98. The van der Waals surface area contributed by atoms with E-state index in [4.69, 9.17) is 4.74 Å². The third-order valence-electron chi connectivity index (χ3n) is 2.96. The van der Waals surface area contributed by atoms with Crippen molar-refractivity contribution in [3.63, 3.8) is 0 Å². The van der Waals surface area contributed by atoms with Crippen molar-refractivity contribution < 1.29 is 9.53 Å². The molecule has 0 aliphatic carbocycles. The lowest BCUT2D eigenvalue weighted by Gasteiger charge is -2.16. The molecule has 0 fully saturated rings. The molecular weight excluding hydrogens is 202 g/mol. The van der Waals surface area contributed by atoms with Crippen molar-refractivity contribution in [2.75, 3.05) is 14.2 Å². The smallest absolute Gasteiger partial charge is 0.233 e. The van der Waals surface area contributed by atoms with E-state index in [9.17, 15) is 4.79 Å². The van der Waals surface area contributed by atoms with Crippen molar-refractivity contribution in [1.29, 1.82) is 0 Å². The number of ether oxygens (including phenoxy) is 1. The maximum atomic E-state index is 11.9. The zero-order valence-electron chi connectivity index (χ0n) is 9.73. The molecule has 0 spiro atoms. The van der Waals surface area contributed by atoms with Gasteiger partial charge in [0.1, 0.15) is 5.75 Å². The first-order valence-electron chi connectivity index (χ1n) is 5.26. The molecule has 1 atom stereocenters. The molecule has 2 rings (SSSR count). The summed E-state index contributed by atoms with van der Waals surface area (Å²) < 4.78 is 5.18. The number of benzene rings is 1. The largest absolute Gasteiger partial charge is 0.497 e. The van der Waals surface area contributed by atoms with Crippen molar-refractivity contribution in [3.05, 3.63) is 35.5 Å². The number of methoxy groups -OCH3 is 1. The molecular formula is C13H15NO2. The number of carbonyl (C=O) groups excluding carboxylic acids is 1. The van der Waals surface area contributed by atoms with Crippen LogP contribution < -0.4 is 4.74 Å². The Hall–Kier alpha value is -1.77. The summed E-state index contributed by atoms with van der Waals surface area (Å²) in [4.78, 5) is 13.5. The number of hydrogen-bond acceptors (Lipinski definition) is 2. The summed E-state index contributed by atoms with van der Waals surface area (Å²) in [5.74, 6) is 0.814. The lowest BCUT2D eigenvalue weighted by atomic mass is 9.95. The number of likely N-dealkylation sites (N-methyl/N-ethyl adjacent to an activating group) is 1. The summed E-state index contributed by atoms with van der Waals surface area (Å²) in [6.45, 7) is 1.93. The minimum absolute atomic E-state index is 0.110. The van der Waals surface area contributed by atoms with E-state index in [0.29, 0.717) is 0 Å². The first-order chi connectivity index (χ1) is 7.63. The van der Waals surface area contributed by atoms with Gasteiger partial charge in [-0.25, -0.2) is 0 Å². The Morgan fingerprint density at radius 1 is 1.38 bits per heavy atom. The van der Waals surface area contributed by atoms with E-state index < -0.39 is 0 Å². The van der Waals surface area contributed by atoms with Crippen LogP contribution in [0.1, 0.15) is 24.0 Å². The Kier molecular flexibility index (Phi) is 2.69. The molecule has 0 unspecified atom stereocenters. The van der Waals surface area contributed by atoms with E-state index in [1.165, 1.54) is 0 Å². The van der Waals surface area contributed by atoms with Crippen LogP contribution >= 0.6 is 0 Å². The van der Waals surface area contributed by atoms with Crippen LogP contribution in [-0.2, 0) is 4.79 Å². The highest BCUT2D eigenvalue weighted by Gasteiger charge is 2.22. The molecule has 0 saturated carbocycles. The summed E-state index contributed by atoms with van der Waals surface area (Å²) in [6.07, 6.45) is 3.74. The molecule has 0 aromatic heterocycles. The van der Waals surface area contributed by atoms with Gasteiger partial charge in [0.25, 0.3) is 0 Å². The first-order valence-corrected chi connectivity index (χ1v) is 5.26. The summed E-state index contributed by atoms with van der Waals surface area (Å²) >= 11 is 0. The Morgan fingerprint density at radius 2 is 2.12 bits per heavy atom. The second-order valence-electron chi connectivity index (χ2n) is 3.98. The highest BCUT2D eigenvalue weighted by atomic mass is 16.5. The molecule has 1 amide bonds. The molecule has 0 N–H and O–H groups in total. The van der Waals surface area contributed by atoms with Crippen molar-refractivity contribution in [3.8, 4) is 5.75 Å². The molecule has 3 heteroatoms. The Bertz CT molecular complexity index is 451. The Morgan fingerprint density at radius 3 is 2.81 bits per heavy atom. The van der Waals surface area contributed by atoms with Crippen molar-refractivity contribution in [2.45, 2.75) is 12.8 Å². The van der Waals surface area contributed by atoms with Crippen molar-refractivity contribution in [1.82, 2.24) is 4.90 Å². The van der Waals surface area contributed by atoms with Gasteiger partial charge in [-0.1, -0.05) is 6.07 Å². The monoisotopic (exact) mass is 217 g/mol. The van der Waals surface area contributed by atoms with Crippen LogP contribution in [0.3, 0.4) is 0 Å². The van der Waals surface area contributed by atoms with Crippen molar-refractivity contribution >= 4 is 12.0 Å². The van der Waals surface area contributed by atoms with Gasteiger partial charge in [0, 0.05) is 13.2 Å². The van der Waals surface area contributed by atoms with Crippen LogP contribution in [-0.4, -0.2) is 25.0 Å². The third kappa shape index (κ3) is 1.69. The number of nitrogens with zero attached hydrogens (tertiary/aromatic N) is 1. The molecule has 1 heterocycles. The van der Waals surface area contributed by atoms with Gasteiger partial charge in [0.05, 0.1) is 13.0 Å². The minimum atomic E-state index is -0.110. The fourth-order valence-corrected chi connectivity index (χ4v) is 1.92. The molecule has 0 radical (unpaired) electrons. The van der Waals surface area contributed by atoms with Crippen LogP contribution in [0.2, 0.25) is 0 Å². The molecule has 1 aliphatic heterocycles. The minimum Gasteiger partial charge on any atom is -0.497 e. The fraction of sp³-hybridized carbons (Fsp3) is 0.308. The SMILES string of the molecule is COc1ccc2c(c1)C=CN(C)C(=O)[C@@H]2C. The van der Waals surface area contributed by atoms with E-state index >= 15 is 0 Å². The van der Waals surface area contributed by atoms with E-state index in [1.807, 2.05) is 31.2 Å². The molecule has 16 heavy (non-hydrogen) atoms. The van der Waals surface area contributed by atoms with Gasteiger partial charge >= 0.3 is 0 Å². The number of fused-ring (bicyclic) bond motifs is 1. The second kappa shape index (κ2) is 4.00. The van der Waals surface area contributed by atoms with Gasteiger partial charge in [-0.15, -0.1) is 0 Å². The summed E-state index contributed by atoms with van der Waals surface area (Å²) in [5, 5.41) is 0. The van der Waals surface area contributed by atoms with Crippen molar-refractivity contribution in [2.24, 2.45) is 0 Å². The fourth-order valence-electron chi connectivity index (χ4n) is 1.92. The zero-order valence-corrected chi connectivity index (χ0v) is 9.73. The Balaban J connectivity index is 2.52. The van der Waals surface area contributed by atoms with Gasteiger partial charge in [0.2, 0.25) is 5.91 Å². The van der Waals surface area contributed by atoms with Crippen LogP contribution in [0, 0.1) is 0 Å². The first kappa shape index (κ1) is 10.7. The van der Waals surface area contributed by atoms with E-state index in [1.54, 1.807) is 25.3 Å². The summed E-state index contributed by atoms with van der Waals surface area (Å²) in [6, 6.07) is 5.80. The van der Waals surface area contributed by atoms with Gasteiger partial charge in [-0.05, 0) is 36.3 Å². The predicted molar refractivity (Wildman–Crippen MR) is 63.2 cm³/mol. The number of amides is 1. The zero-order chi connectivity index (χ0) is 11.7. The average molecular weight is 217 g/mol. The van der Waals surface area contributed by atoms with E-state index in [-0.39, 0.29) is 11.8 Å². The number of hydrogen-bond donors (Lipinski definition) is 0. The molecule has 1 aliphatic rings. The number of rotatable bonds is 1. The van der Waals surface area contributed by atoms with Gasteiger partial charge in [0.15, 0.2) is 0 Å². The number of carbonyl (C=O) groups is 1. The summed E-state index contributed by atoms with van der Waals surface area (Å²) in [7, 11) is 3.42. The standard InChI is InChI=1S/C13H15NO2/c1-9-12-5-4-11(16-3)8-10(12)6-7-14(2)13(9)15/h4-9H,1-3H3/t9-/m1/s1. The Labute approximate surface area is 95.3 Å². The van der Waals surface area contributed by atoms with Crippen LogP contribution in [0.15, 0.2) is 24.4 Å². The van der Waals surface area contributed by atoms with E-state index in [0.717, 1.165) is 16.9 Å². The third-order valence-corrected chi connectivity index (χ3v) is 2.96. The van der Waals surface area contributed by atoms with Gasteiger partial charge in [-0.3, -0.25) is 4.79 Å². The molecule has 0 saturated heterocycles. The van der Waals surface area contributed by atoms with E-state index in [2.05, 4.69) is 0 Å². The highest BCUT2D eigenvalue weighted by Crippen LogP contribution is 2.29. The summed E-state index contributed by atoms with van der Waals surface area (Å²) in [5.41, 5.74) is 2.09.